The number of para-hydroxylation sites is 1. The van der Waals surface area contributed by atoms with E-state index >= 15 is 0 Å². The molecule has 0 unspecified atom stereocenters. The zero-order valence-corrected chi connectivity index (χ0v) is 10.8. The van der Waals surface area contributed by atoms with E-state index in [1.807, 2.05) is 22.6 Å². The molecule has 94 valence electrons. The largest absolute Gasteiger partial charge is 0.478 e. The molecule has 0 saturated carbocycles. The molecule has 1 heterocycles. The zero-order valence-electron chi connectivity index (χ0n) is 8.62. The SMILES string of the molecule is O=C(O)c1cc(C(F)(F)F)nc2c(I)cccc12. The lowest BCUT2D eigenvalue weighted by molar-refractivity contribution is -0.141. The predicted molar refractivity (Wildman–Crippen MR) is 66.4 cm³/mol. The van der Waals surface area contributed by atoms with E-state index in [0.29, 0.717) is 9.64 Å². The number of aromatic carboxylic acids is 1. The summed E-state index contributed by atoms with van der Waals surface area (Å²) in [4.78, 5) is 14.5. The molecule has 2 aromatic rings. The summed E-state index contributed by atoms with van der Waals surface area (Å²) in [5.74, 6) is -1.41. The zero-order chi connectivity index (χ0) is 13.5. The Kier molecular flexibility index (Phi) is 3.18. The average Bonchev–Trinajstić information content (AvgIpc) is 2.27. The number of carboxylic acids is 1. The Morgan fingerprint density at radius 1 is 1.33 bits per heavy atom. The number of hydrogen-bond acceptors (Lipinski definition) is 2. The van der Waals surface area contributed by atoms with Crippen LogP contribution in [-0.4, -0.2) is 16.1 Å². The van der Waals surface area contributed by atoms with E-state index in [2.05, 4.69) is 4.98 Å². The van der Waals surface area contributed by atoms with E-state index in [9.17, 15) is 18.0 Å². The first kappa shape index (κ1) is 13.1. The van der Waals surface area contributed by atoms with E-state index in [0.717, 1.165) is 0 Å². The molecular weight excluding hydrogens is 362 g/mol. The molecule has 0 saturated heterocycles. The third-order valence-corrected chi connectivity index (χ3v) is 3.18. The highest BCUT2D eigenvalue weighted by Gasteiger charge is 2.34. The van der Waals surface area contributed by atoms with Crippen LogP contribution in [0.1, 0.15) is 16.1 Å². The van der Waals surface area contributed by atoms with Crippen LogP contribution in [-0.2, 0) is 6.18 Å². The standard InChI is InChI=1S/C11H5F3INO2/c12-11(13,14)8-4-6(10(17)18)5-2-1-3-7(15)9(5)16-8/h1-4H,(H,17,18). The molecule has 0 amide bonds. The quantitative estimate of drug-likeness (QED) is 0.785. The van der Waals surface area contributed by atoms with Gasteiger partial charge in [0.05, 0.1) is 11.1 Å². The van der Waals surface area contributed by atoms with Crippen LogP contribution >= 0.6 is 22.6 Å². The van der Waals surface area contributed by atoms with Crippen molar-refractivity contribution >= 4 is 39.5 Å². The monoisotopic (exact) mass is 367 g/mol. The minimum atomic E-state index is -4.67. The minimum Gasteiger partial charge on any atom is -0.478 e. The highest BCUT2D eigenvalue weighted by molar-refractivity contribution is 14.1. The van der Waals surface area contributed by atoms with Crippen LogP contribution in [0.3, 0.4) is 0 Å². The van der Waals surface area contributed by atoms with Crippen LogP contribution in [0.4, 0.5) is 13.2 Å². The lowest BCUT2D eigenvalue weighted by atomic mass is 10.1. The van der Waals surface area contributed by atoms with E-state index < -0.39 is 23.4 Å². The van der Waals surface area contributed by atoms with E-state index in [1.54, 1.807) is 12.1 Å². The first-order valence-corrected chi connectivity index (χ1v) is 5.78. The van der Waals surface area contributed by atoms with Crippen LogP contribution in [0.15, 0.2) is 24.3 Å². The Morgan fingerprint density at radius 3 is 2.56 bits per heavy atom. The molecular formula is C11H5F3INO2. The number of carbonyl (C=O) groups is 1. The molecule has 0 aliphatic heterocycles. The van der Waals surface area contributed by atoms with Crippen molar-refractivity contribution < 1.29 is 23.1 Å². The number of rotatable bonds is 1. The van der Waals surface area contributed by atoms with Crippen LogP contribution in [0.2, 0.25) is 0 Å². The smallest absolute Gasteiger partial charge is 0.433 e. The molecule has 18 heavy (non-hydrogen) atoms. The predicted octanol–water partition coefficient (Wildman–Crippen LogP) is 3.56. The van der Waals surface area contributed by atoms with E-state index in [4.69, 9.17) is 5.11 Å². The Balaban J connectivity index is 2.88. The van der Waals surface area contributed by atoms with Gasteiger partial charge in [-0.25, -0.2) is 9.78 Å². The van der Waals surface area contributed by atoms with Gasteiger partial charge in [-0.05, 0) is 34.7 Å². The van der Waals surface area contributed by atoms with Crippen LogP contribution in [0.25, 0.3) is 10.9 Å². The second-order valence-corrected chi connectivity index (χ2v) is 4.66. The first-order valence-electron chi connectivity index (χ1n) is 4.70. The molecule has 0 aliphatic carbocycles. The number of aromatic nitrogens is 1. The van der Waals surface area contributed by atoms with Crippen molar-refractivity contribution in [1.82, 2.24) is 4.98 Å². The van der Waals surface area contributed by atoms with Gasteiger partial charge in [-0.15, -0.1) is 0 Å². The average molecular weight is 367 g/mol. The molecule has 0 fully saturated rings. The maximum Gasteiger partial charge on any atom is 0.433 e. The lowest BCUT2D eigenvalue weighted by Crippen LogP contribution is -2.11. The normalized spacial score (nSPS) is 11.8. The van der Waals surface area contributed by atoms with Gasteiger partial charge in [-0.3, -0.25) is 0 Å². The van der Waals surface area contributed by atoms with Gasteiger partial charge in [0.2, 0.25) is 0 Å². The Labute approximate surface area is 113 Å². The molecule has 0 spiro atoms. The fraction of sp³-hybridized carbons (Fsp3) is 0.0909. The highest BCUT2D eigenvalue weighted by Crippen LogP contribution is 2.32. The molecule has 2 rings (SSSR count). The third-order valence-electron chi connectivity index (χ3n) is 2.31. The Hall–Kier alpha value is -1.38. The van der Waals surface area contributed by atoms with Gasteiger partial charge in [0.15, 0.2) is 0 Å². The van der Waals surface area contributed by atoms with Crippen molar-refractivity contribution in [3.05, 3.63) is 39.1 Å². The summed E-state index contributed by atoms with van der Waals surface area (Å²) in [6.45, 7) is 0. The summed E-state index contributed by atoms with van der Waals surface area (Å²) in [5, 5.41) is 9.16. The molecule has 1 aromatic carbocycles. The molecule has 1 aromatic heterocycles. The molecule has 0 atom stereocenters. The van der Waals surface area contributed by atoms with Crippen LogP contribution in [0.5, 0.6) is 0 Å². The lowest BCUT2D eigenvalue weighted by Gasteiger charge is -2.10. The van der Waals surface area contributed by atoms with Crippen molar-refractivity contribution in [2.45, 2.75) is 6.18 Å². The molecule has 0 radical (unpaired) electrons. The summed E-state index contributed by atoms with van der Waals surface area (Å²) in [7, 11) is 0. The van der Waals surface area contributed by atoms with Gasteiger partial charge >= 0.3 is 12.1 Å². The third kappa shape index (κ3) is 2.26. The number of hydrogen-bond donors (Lipinski definition) is 1. The van der Waals surface area contributed by atoms with Gasteiger partial charge in [-0.2, -0.15) is 13.2 Å². The maximum atomic E-state index is 12.6. The first-order chi connectivity index (χ1) is 8.30. The van der Waals surface area contributed by atoms with E-state index in [-0.39, 0.29) is 10.9 Å². The van der Waals surface area contributed by atoms with Gasteiger partial charge in [0.25, 0.3) is 0 Å². The number of fused-ring (bicyclic) bond motifs is 1. The van der Waals surface area contributed by atoms with Crippen molar-refractivity contribution in [3.63, 3.8) is 0 Å². The summed E-state index contributed by atoms with van der Waals surface area (Å²) in [6.07, 6.45) is -4.67. The summed E-state index contributed by atoms with van der Waals surface area (Å²) >= 11 is 1.82. The molecule has 3 nitrogen and oxygen atoms in total. The number of carboxylic acid groups (broad SMARTS) is 1. The minimum absolute atomic E-state index is 0.0466. The molecule has 1 N–H and O–H groups in total. The van der Waals surface area contributed by atoms with E-state index in [1.165, 1.54) is 6.07 Å². The van der Waals surface area contributed by atoms with Gasteiger partial charge in [0, 0.05) is 8.96 Å². The van der Waals surface area contributed by atoms with Gasteiger partial charge in [0.1, 0.15) is 5.69 Å². The summed E-state index contributed by atoms with van der Waals surface area (Å²) in [5.41, 5.74) is -1.55. The Morgan fingerprint density at radius 2 is 2.00 bits per heavy atom. The van der Waals surface area contributed by atoms with Crippen molar-refractivity contribution in [2.24, 2.45) is 0 Å². The van der Waals surface area contributed by atoms with Crippen LogP contribution in [0, 0.1) is 3.57 Å². The second-order valence-electron chi connectivity index (χ2n) is 3.49. The molecule has 0 aliphatic rings. The second kappa shape index (κ2) is 4.38. The number of benzene rings is 1. The summed E-state index contributed by atoms with van der Waals surface area (Å²) < 4.78 is 38.4. The number of halogens is 4. The Bertz CT molecular complexity index is 640. The number of alkyl halides is 3. The fourth-order valence-electron chi connectivity index (χ4n) is 1.54. The molecule has 7 heteroatoms. The number of nitrogens with zero attached hydrogens (tertiary/aromatic N) is 1. The van der Waals surface area contributed by atoms with Gasteiger partial charge < -0.3 is 5.11 Å². The highest BCUT2D eigenvalue weighted by atomic mass is 127. The number of pyridine rings is 1. The maximum absolute atomic E-state index is 12.6. The van der Waals surface area contributed by atoms with Gasteiger partial charge in [-0.1, -0.05) is 12.1 Å². The van der Waals surface area contributed by atoms with Crippen molar-refractivity contribution in [3.8, 4) is 0 Å². The van der Waals surface area contributed by atoms with Crippen molar-refractivity contribution in [2.75, 3.05) is 0 Å². The molecule has 0 bridgehead atoms. The van der Waals surface area contributed by atoms with Crippen LogP contribution < -0.4 is 0 Å². The summed E-state index contributed by atoms with van der Waals surface area (Å²) in [6, 6.07) is 5.14. The fourth-order valence-corrected chi connectivity index (χ4v) is 2.15. The van der Waals surface area contributed by atoms with Crippen molar-refractivity contribution in [1.29, 1.82) is 0 Å². The topological polar surface area (TPSA) is 50.2 Å².